The third-order valence-corrected chi connectivity index (χ3v) is 6.54. The van der Waals surface area contributed by atoms with Crippen molar-refractivity contribution in [3.8, 4) is 0 Å². The van der Waals surface area contributed by atoms with Crippen molar-refractivity contribution in [1.29, 1.82) is 0 Å². The zero-order valence-corrected chi connectivity index (χ0v) is 16.7. The van der Waals surface area contributed by atoms with Crippen molar-refractivity contribution in [3.63, 3.8) is 0 Å². The van der Waals surface area contributed by atoms with E-state index in [0.29, 0.717) is 5.92 Å². The summed E-state index contributed by atoms with van der Waals surface area (Å²) in [6.07, 6.45) is 1.08. The fourth-order valence-electron chi connectivity index (χ4n) is 3.64. The SMILES string of the molecule is CCc1ccc(N(C)c2cccc3c2sc2c(C(C)C)cccc23)cc1. The van der Waals surface area contributed by atoms with Crippen LogP contribution in [0.1, 0.15) is 37.8 Å². The fourth-order valence-corrected chi connectivity index (χ4v) is 5.15. The Morgan fingerprint density at radius 3 is 2.15 bits per heavy atom. The van der Waals surface area contributed by atoms with Crippen LogP contribution in [0.3, 0.4) is 0 Å². The van der Waals surface area contributed by atoms with Crippen LogP contribution in [0.5, 0.6) is 0 Å². The summed E-state index contributed by atoms with van der Waals surface area (Å²) >= 11 is 1.93. The van der Waals surface area contributed by atoms with E-state index in [0.717, 1.165) is 6.42 Å². The summed E-state index contributed by atoms with van der Waals surface area (Å²) in [6, 6.07) is 22.3. The lowest BCUT2D eigenvalue weighted by Gasteiger charge is -2.20. The molecule has 0 N–H and O–H groups in total. The maximum Gasteiger partial charge on any atom is 0.0592 e. The van der Waals surface area contributed by atoms with Crippen LogP contribution in [0.15, 0.2) is 60.7 Å². The highest BCUT2D eigenvalue weighted by Gasteiger charge is 2.15. The Labute approximate surface area is 159 Å². The van der Waals surface area contributed by atoms with Gasteiger partial charge in [-0.05, 0) is 41.7 Å². The van der Waals surface area contributed by atoms with Crippen LogP contribution in [0.2, 0.25) is 0 Å². The van der Waals surface area contributed by atoms with E-state index < -0.39 is 0 Å². The van der Waals surface area contributed by atoms with Gasteiger partial charge in [0, 0.05) is 28.2 Å². The number of benzene rings is 3. The van der Waals surface area contributed by atoms with Gasteiger partial charge in [0.25, 0.3) is 0 Å². The molecule has 3 aromatic carbocycles. The molecular formula is C24H25NS. The summed E-state index contributed by atoms with van der Waals surface area (Å²) < 4.78 is 2.80. The summed E-state index contributed by atoms with van der Waals surface area (Å²) in [7, 11) is 2.17. The Bertz CT molecular complexity index is 1060. The quantitative estimate of drug-likeness (QED) is 0.364. The van der Waals surface area contributed by atoms with Gasteiger partial charge in [0.2, 0.25) is 0 Å². The molecule has 1 aromatic heterocycles. The number of aryl methyl sites for hydroxylation is 1. The second kappa shape index (κ2) is 6.77. The molecule has 0 aliphatic rings. The molecule has 4 rings (SSSR count). The van der Waals surface area contributed by atoms with Gasteiger partial charge in [0.15, 0.2) is 0 Å². The zero-order valence-electron chi connectivity index (χ0n) is 15.9. The largest absolute Gasteiger partial charge is 0.343 e. The minimum absolute atomic E-state index is 0.537. The minimum atomic E-state index is 0.537. The first kappa shape index (κ1) is 17.1. The number of thiophene rings is 1. The standard InChI is InChI=1S/C24H25NS/c1-5-17-12-14-18(15-13-17)25(4)22-11-7-10-21-20-9-6-8-19(16(2)3)23(20)26-24(21)22/h6-16H,5H2,1-4H3. The number of hydrogen-bond donors (Lipinski definition) is 0. The molecule has 0 aliphatic carbocycles. The molecular weight excluding hydrogens is 334 g/mol. The van der Waals surface area contributed by atoms with Gasteiger partial charge >= 0.3 is 0 Å². The van der Waals surface area contributed by atoms with Gasteiger partial charge in [-0.3, -0.25) is 0 Å². The Morgan fingerprint density at radius 2 is 1.50 bits per heavy atom. The first-order valence-electron chi connectivity index (χ1n) is 9.37. The number of rotatable bonds is 4. The van der Waals surface area contributed by atoms with Crippen molar-refractivity contribution >= 4 is 42.9 Å². The molecule has 132 valence electrons. The number of hydrogen-bond acceptors (Lipinski definition) is 2. The molecule has 2 heteroatoms. The molecule has 0 aliphatic heterocycles. The van der Waals surface area contributed by atoms with Gasteiger partial charge in [-0.25, -0.2) is 0 Å². The molecule has 0 saturated carbocycles. The average Bonchev–Trinajstić information content (AvgIpc) is 3.06. The zero-order chi connectivity index (χ0) is 18.3. The van der Waals surface area contributed by atoms with Gasteiger partial charge in [0.05, 0.1) is 10.4 Å². The normalized spacial score (nSPS) is 11.6. The summed E-state index contributed by atoms with van der Waals surface area (Å²) in [5, 5.41) is 2.75. The van der Waals surface area contributed by atoms with E-state index >= 15 is 0 Å². The molecule has 0 amide bonds. The smallest absolute Gasteiger partial charge is 0.0592 e. The molecule has 0 radical (unpaired) electrons. The Kier molecular flexibility index (Phi) is 4.46. The molecule has 0 bridgehead atoms. The third kappa shape index (κ3) is 2.79. The molecule has 1 heterocycles. The van der Waals surface area contributed by atoms with Gasteiger partial charge < -0.3 is 4.90 Å². The predicted molar refractivity (Wildman–Crippen MR) is 117 cm³/mol. The van der Waals surface area contributed by atoms with Crippen molar-refractivity contribution in [2.75, 3.05) is 11.9 Å². The van der Waals surface area contributed by atoms with E-state index in [9.17, 15) is 0 Å². The van der Waals surface area contributed by atoms with Crippen LogP contribution in [0, 0.1) is 0 Å². The van der Waals surface area contributed by atoms with Crippen LogP contribution in [-0.2, 0) is 6.42 Å². The van der Waals surface area contributed by atoms with Crippen LogP contribution in [0.25, 0.3) is 20.2 Å². The van der Waals surface area contributed by atoms with Crippen molar-refractivity contribution < 1.29 is 0 Å². The lowest BCUT2D eigenvalue weighted by molar-refractivity contribution is 0.878. The summed E-state index contributed by atoms with van der Waals surface area (Å²) in [4.78, 5) is 2.31. The monoisotopic (exact) mass is 359 g/mol. The Morgan fingerprint density at radius 1 is 0.846 bits per heavy atom. The van der Waals surface area contributed by atoms with Crippen molar-refractivity contribution in [2.45, 2.75) is 33.1 Å². The van der Waals surface area contributed by atoms with E-state index in [1.807, 2.05) is 11.3 Å². The average molecular weight is 360 g/mol. The van der Waals surface area contributed by atoms with Gasteiger partial charge in [-0.15, -0.1) is 11.3 Å². The van der Waals surface area contributed by atoms with E-state index in [1.165, 1.54) is 42.7 Å². The summed E-state index contributed by atoms with van der Waals surface area (Å²) in [5.41, 5.74) is 5.34. The van der Waals surface area contributed by atoms with Crippen molar-refractivity contribution in [3.05, 3.63) is 71.8 Å². The van der Waals surface area contributed by atoms with Crippen LogP contribution < -0.4 is 4.90 Å². The molecule has 0 fully saturated rings. The van der Waals surface area contributed by atoms with Crippen LogP contribution >= 0.6 is 11.3 Å². The van der Waals surface area contributed by atoms with E-state index in [-0.39, 0.29) is 0 Å². The van der Waals surface area contributed by atoms with Gasteiger partial charge in [0.1, 0.15) is 0 Å². The van der Waals surface area contributed by atoms with Crippen molar-refractivity contribution in [2.24, 2.45) is 0 Å². The second-order valence-electron chi connectivity index (χ2n) is 7.21. The first-order valence-corrected chi connectivity index (χ1v) is 10.2. The predicted octanol–water partition coefficient (Wildman–Crippen LogP) is 7.51. The van der Waals surface area contributed by atoms with E-state index in [2.05, 4.69) is 93.4 Å². The molecule has 4 aromatic rings. The highest BCUT2D eigenvalue weighted by molar-refractivity contribution is 7.26. The number of anilines is 2. The van der Waals surface area contributed by atoms with Gasteiger partial charge in [-0.2, -0.15) is 0 Å². The Balaban J connectivity index is 1.89. The highest BCUT2D eigenvalue weighted by Crippen LogP contribution is 2.43. The summed E-state index contributed by atoms with van der Waals surface area (Å²) in [5.74, 6) is 0.537. The maximum absolute atomic E-state index is 2.31. The van der Waals surface area contributed by atoms with E-state index in [4.69, 9.17) is 0 Å². The fraction of sp³-hybridized carbons (Fsp3) is 0.250. The lowest BCUT2D eigenvalue weighted by atomic mass is 10.0. The number of fused-ring (bicyclic) bond motifs is 3. The third-order valence-electron chi connectivity index (χ3n) is 5.25. The molecule has 0 unspecified atom stereocenters. The minimum Gasteiger partial charge on any atom is -0.343 e. The molecule has 0 saturated heterocycles. The molecule has 0 atom stereocenters. The lowest BCUT2D eigenvalue weighted by Crippen LogP contribution is -2.09. The van der Waals surface area contributed by atoms with Crippen LogP contribution in [0.4, 0.5) is 11.4 Å². The maximum atomic E-state index is 2.31. The molecule has 1 nitrogen and oxygen atoms in total. The van der Waals surface area contributed by atoms with Crippen LogP contribution in [-0.4, -0.2) is 7.05 Å². The Hall–Kier alpha value is -2.32. The topological polar surface area (TPSA) is 3.24 Å². The number of nitrogens with zero attached hydrogens (tertiary/aromatic N) is 1. The molecule has 26 heavy (non-hydrogen) atoms. The van der Waals surface area contributed by atoms with E-state index in [1.54, 1.807) is 0 Å². The van der Waals surface area contributed by atoms with Gasteiger partial charge in [-0.1, -0.05) is 63.2 Å². The van der Waals surface area contributed by atoms with Crippen molar-refractivity contribution in [1.82, 2.24) is 0 Å². The summed E-state index contributed by atoms with van der Waals surface area (Å²) in [6.45, 7) is 6.76. The second-order valence-corrected chi connectivity index (χ2v) is 8.23. The molecule has 0 spiro atoms. The highest BCUT2D eigenvalue weighted by atomic mass is 32.1. The first-order chi connectivity index (χ1) is 12.6.